The lowest BCUT2D eigenvalue weighted by atomic mass is 9.76. The molecule has 3 aliphatic heterocycles. The first-order valence-electron chi connectivity index (χ1n) is 14.6. The van der Waals surface area contributed by atoms with Crippen LogP contribution in [0.5, 0.6) is 0 Å². The van der Waals surface area contributed by atoms with Gasteiger partial charge in [0.2, 0.25) is 11.8 Å². The first-order chi connectivity index (χ1) is 19.8. The first kappa shape index (κ1) is 27.2. The quantitative estimate of drug-likeness (QED) is 0.335. The summed E-state index contributed by atoms with van der Waals surface area (Å²) < 4.78 is 0. The molecule has 3 fully saturated rings. The molecule has 2 amide bonds. The van der Waals surface area contributed by atoms with Gasteiger partial charge in [0.25, 0.3) is 0 Å². The van der Waals surface area contributed by atoms with Gasteiger partial charge < -0.3 is 14.9 Å². The van der Waals surface area contributed by atoms with Crippen LogP contribution in [0.2, 0.25) is 0 Å². The van der Waals surface area contributed by atoms with E-state index < -0.39 is 23.0 Å². The Labute approximate surface area is 241 Å². The molecule has 0 bridgehead atoms. The van der Waals surface area contributed by atoms with Crippen molar-refractivity contribution >= 4 is 17.8 Å². The van der Waals surface area contributed by atoms with Crippen LogP contribution in [-0.2, 0) is 19.9 Å². The average Bonchev–Trinajstić information content (AvgIpc) is 3.57. The number of nitrogens with zero attached hydrogens (tertiary/aromatic N) is 3. The summed E-state index contributed by atoms with van der Waals surface area (Å²) in [7, 11) is 0. The van der Waals surface area contributed by atoms with Crippen molar-refractivity contribution in [2.45, 2.75) is 44.3 Å². The van der Waals surface area contributed by atoms with Gasteiger partial charge in [-0.3, -0.25) is 14.5 Å². The van der Waals surface area contributed by atoms with Crippen LogP contribution >= 0.6 is 0 Å². The molecule has 41 heavy (non-hydrogen) atoms. The highest BCUT2D eigenvalue weighted by atomic mass is 16.4. The predicted molar refractivity (Wildman–Crippen MR) is 156 cm³/mol. The van der Waals surface area contributed by atoms with Crippen LogP contribution in [0.4, 0.5) is 0 Å². The molecule has 0 aromatic heterocycles. The highest BCUT2D eigenvalue weighted by Crippen LogP contribution is 2.49. The molecule has 1 N–H and O–H groups in total. The number of carbonyl (C=O) groups excluding carboxylic acids is 2. The van der Waals surface area contributed by atoms with Crippen molar-refractivity contribution in [3.63, 3.8) is 0 Å². The van der Waals surface area contributed by atoms with Gasteiger partial charge in [-0.05, 0) is 35.4 Å². The summed E-state index contributed by atoms with van der Waals surface area (Å²) in [5.74, 6) is -1.23. The van der Waals surface area contributed by atoms with E-state index in [9.17, 15) is 19.5 Å². The van der Waals surface area contributed by atoms with Crippen LogP contribution in [0.3, 0.4) is 0 Å². The molecule has 3 aromatic rings. The summed E-state index contributed by atoms with van der Waals surface area (Å²) in [4.78, 5) is 45.4. The van der Waals surface area contributed by atoms with Crippen LogP contribution in [0, 0.1) is 11.3 Å². The minimum absolute atomic E-state index is 0.0407. The molecular weight excluding hydrogens is 514 g/mol. The van der Waals surface area contributed by atoms with Gasteiger partial charge in [0.15, 0.2) is 0 Å². The van der Waals surface area contributed by atoms with E-state index in [0.717, 1.165) is 16.7 Å². The number of carboxylic acid groups (broad SMARTS) is 1. The lowest BCUT2D eigenvalue weighted by molar-refractivity contribution is -0.152. The minimum atomic E-state index is -0.968. The number of rotatable bonds is 8. The summed E-state index contributed by atoms with van der Waals surface area (Å²) in [6.45, 7) is 5.56. The zero-order valence-corrected chi connectivity index (χ0v) is 23.6. The third-order valence-corrected chi connectivity index (χ3v) is 9.33. The van der Waals surface area contributed by atoms with Crippen molar-refractivity contribution in [3.05, 3.63) is 108 Å². The van der Waals surface area contributed by atoms with Gasteiger partial charge in [0.05, 0.1) is 11.0 Å². The Balaban J connectivity index is 1.29. The Bertz CT molecular complexity index is 1330. The van der Waals surface area contributed by atoms with E-state index in [2.05, 4.69) is 41.3 Å². The lowest BCUT2D eigenvalue weighted by Crippen LogP contribution is -2.48. The highest BCUT2D eigenvalue weighted by molar-refractivity contribution is 5.92. The molecule has 4 atom stereocenters. The van der Waals surface area contributed by atoms with E-state index in [4.69, 9.17) is 0 Å². The van der Waals surface area contributed by atoms with Gasteiger partial charge in [-0.15, -0.1) is 0 Å². The molecule has 3 aliphatic rings. The topological polar surface area (TPSA) is 80.9 Å². The summed E-state index contributed by atoms with van der Waals surface area (Å²) in [5, 5.41) is 9.80. The average molecular weight is 552 g/mol. The second-order valence-corrected chi connectivity index (χ2v) is 12.0. The van der Waals surface area contributed by atoms with E-state index in [-0.39, 0.29) is 23.8 Å². The number of amides is 2. The molecule has 2 unspecified atom stereocenters. The van der Waals surface area contributed by atoms with Crippen LogP contribution < -0.4 is 0 Å². The normalized spacial score (nSPS) is 24.7. The molecule has 0 aliphatic carbocycles. The van der Waals surface area contributed by atoms with Crippen molar-refractivity contribution in [2.24, 2.45) is 11.3 Å². The second kappa shape index (κ2) is 10.5. The van der Waals surface area contributed by atoms with Crippen LogP contribution in [0.1, 0.15) is 43.4 Å². The monoisotopic (exact) mass is 551 g/mol. The van der Waals surface area contributed by atoms with Gasteiger partial charge in [-0.25, -0.2) is 4.79 Å². The molecule has 7 nitrogen and oxygen atoms in total. The van der Waals surface area contributed by atoms with Gasteiger partial charge in [-0.1, -0.05) is 105 Å². The van der Waals surface area contributed by atoms with Crippen molar-refractivity contribution in [1.82, 2.24) is 14.7 Å². The number of likely N-dealkylation sites (tertiary alicyclic amines) is 2. The lowest BCUT2D eigenvalue weighted by Gasteiger charge is -2.38. The fourth-order valence-electron chi connectivity index (χ4n) is 7.30. The number of aliphatic carboxylic acids is 1. The maximum absolute atomic E-state index is 14.1. The minimum Gasteiger partial charge on any atom is -0.480 e. The van der Waals surface area contributed by atoms with Crippen molar-refractivity contribution in [3.8, 4) is 0 Å². The van der Waals surface area contributed by atoms with E-state index in [0.29, 0.717) is 39.0 Å². The van der Waals surface area contributed by atoms with Gasteiger partial charge in [-0.2, -0.15) is 0 Å². The van der Waals surface area contributed by atoms with Crippen molar-refractivity contribution in [2.75, 3.05) is 26.2 Å². The maximum atomic E-state index is 14.1. The van der Waals surface area contributed by atoms with Gasteiger partial charge in [0, 0.05) is 26.2 Å². The zero-order valence-electron chi connectivity index (χ0n) is 23.6. The smallest absolute Gasteiger partial charge is 0.326 e. The largest absolute Gasteiger partial charge is 0.480 e. The SMILES string of the molecule is CC(C)[C@@H](C(=O)O)N1CC[C@]2(CCN(C(=O)C3CN3C(c3ccccc3)(c3ccccc3)c3ccccc3)C2)C1=O. The number of carbonyl (C=O) groups is 3. The number of benzene rings is 3. The molecular formula is C34H37N3O4. The predicted octanol–water partition coefficient (Wildman–Crippen LogP) is 4.22. The Kier molecular flexibility index (Phi) is 6.94. The molecule has 3 aromatic carbocycles. The molecule has 212 valence electrons. The fraction of sp³-hybridized carbons (Fsp3) is 0.382. The van der Waals surface area contributed by atoms with E-state index in [1.165, 1.54) is 4.90 Å². The Hall–Kier alpha value is -3.97. The van der Waals surface area contributed by atoms with Crippen LogP contribution in [0.15, 0.2) is 91.0 Å². The van der Waals surface area contributed by atoms with E-state index >= 15 is 0 Å². The van der Waals surface area contributed by atoms with E-state index in [1.807, 2.05) is 73.3 Å². The summed E-state index contributed by atoms with van der Waals surface area (Å²) in [6.07, 6.45) is 1.16. The molecule has 0 saturated carbocycles. The fourth-order valence-corrected chi connectivity index (χ4v) is 7.30. The number of hydrogen-bond acceptors (Lipinski definition) is 4. The molecule has 0 radical (unpaired) electrons. The summed E-state index contributed by atoms with van der Waals surface area (Å²) >= 11 is 0. The Morgan fingerprint density at radius 1 is 0.829 bits per heavy atom. The van der Waals surface area contributed by atoms with Crippen LogP contribution in [0.25, 0.3) is 0 Å². The third-order valence-electron chi connectivity index (χ3n) is 9.33. The first-order valence-corrected chi connectivity index (χ1v) is 14.6. The number of hydrogen-bond donors (Lipinski definition) is 1. The third kappa shape index (κ3) is 4.43. The molecule has 1 spiro atoms. The van der Waals surface area contributed by atoms with Crippen LogP contribution in [-0.4, -0.2) is 75.9 Å². The molecule has 6 rings (SSSR count). The standard InChI is InChI=1S/C34H37N3O4/c1-24(2)29(31(39)40)36-21-19-33(32(36)41)18-20-35(23-33)30(38)28-22-37(28)34(25-12-6-3-7-13-25,26-14-8-4-9-15-26)27-16-10-5-11-17-27/h3-17,24,28-29H,18-23H2,1-2H3,(H,39,40)/t28?,29-,33-,37?/m0/s1. The highest BCUT2D eigenvalue weighted by Gasteiger charge is 2.59. The van der Waals surface area contributed by atoms with Crippen molar-refractivity contribution < 1.29 is 19.5 Å². The summed E-state index contributed by atoms with van der Waals surface area (Å²) in [5.41, 5.74) is 1.96. The molecule has 7 heteroatoms. The molecule has 3 heterocycles. The zero-order chi connectivity index (χ0) is 28.8. The Morgan fingerprint density at radius 3 is 1.78 bits per heavy atom. The van der Waals surface area contributed by atoms with Gasteiger partial charge in [0.1, 0.15) is 12.1 Å². The van der Waals surface area contributed by atoms with Gasteiger partial charge >= 0.3 is 5.97 Å². The van der Waals surface area contributed by atoms with Crippen molar-refractivity contribution in [1.29, 1.82) is 0 Å². The Morgan fingerprint density at radius 2 is 1.32 bits per heavy atom. The van der Waals surface area contributed by atoms with E-state index in [1.54, 1.807) is 0 Å². The maximum Gasteiger partial charge on any atom is 0.326 e. The summed E-state index contributed by atoms with van der Waals surface area (Å²) in [6, 6.07) is 29.9. The second-order valence-electron chi connectivity index (χ2n) is 12.0. The molecule has 3 saturated heterocycles. The number of carboxylic acids is 1.